The Balaban J connectivity index is 2.81. The van der Waals surface area contributed by atoms with Gasteiger partial charge >= 0.3 is 5.97 Å². The maximum atomic E-state index is 10.9. The van der Waals surface area contributed by atoms with Crippen LogP contribution in [-0.4, -0.2) is 21.3 Å². The smallest absolute Gasteiger partial charge is 0.339 e. The zero-order valence-electron chi connectivity index (χ0n) is 8.79. The first-order valence-corrected chi connectivity index (χ1v) is 4.79. The monoisotopic (exact) mass is 196 g/mol. The fraction of sp³-hybridized carbons (Fsp3) is 0.600. The summed E-state index contributed by atoms with van der Waals surface area (Å²) in [6.45, 7) is 5.95. The molecule has 0 saturated carbocycles. The molecule has 0 aliphatic rings. The van der Waals surface area contributed by atoms with E-state index < -0.39 is 5.97 Å². The first-order valence-electron chi connectivity index (χ1n) is 4.79. The molecular formula is C10H16N2O2. The molecule has 1 rings (SSSR count). The molecular weight excluding hydrogens is 180 g/mol. The molecule has 0 spiro atoms. The van der Waals surface area contributed by atoms with E-state index in [0.29, 0.717) is 22.9 Å². The average Bonchev–Trinajstić information content (AvgIpc) is 2.43. The lowest BCUT2D eigenvalue weighted by molar-refractivity contribution is 0.0695. The van der Waals surface area contributed by atoms with Crippen LogP contribution in [0.4, 0.5) is 0 Å². The van der Waals surface area contributed by atoms with Crippen molar-refractivity contribution in [3.05, 3.63) is 17.0 Å². The number of aromatic amines is 1. The zero-order valence-corrected chi connectivity index (χ0v) is 8.79. The highest BCUT2D eigenvalue weighted by molar-refractivity contribution is 5.90. The van der Waals surface area contributed by atoms with Crippen LogP contribution in [0.2, 0.25) is 0 Å². The molecule has 78 valence electrons. The van der Waals surface area contributed by atoms with Gasteiger partial charge in [-0.1, -0.05) is 13.8 Å². The van der Waals surface area contributed by atoms with Gasteiger partial charge in [-0.2, -0.15) is 5.10 Å². The van der Waals surface area contributed by atoms with Crippen LogP contribution in [0, 0.1) is 12.8 Å². The molecule has 0 aromatic carbocycles. The summed E-state index contributed by atoms with van der Waals surface area (Å²) in [4.78, 5) is 10.9. The maximum absolute atomic E-state index is 10.9. The van der Waals surface area contributed by atoms with Crippen molar-refractivity contribution >= 4 is 5.97 Å². The summed E-state index contributed by atoms with van der Waals surface area (Å²) in [5.74, 6) is -0.330. The largest absolute Gasteiger partial charge is 0.478 e. The quantitative estimate of drug-likeness (QED) is 0.774. The highest BCUT2D eigenvalue weighted by Crippen LogP contribution is 2.14. The fourth-order valence-electron chi connectivity index (χ4n) is 1.37. The second-order valence-electron chi connectivity index (χ2n) is 3.91. The summed E-state index contributed by atoms with van der Waals surface area (Å²) in [6.07, 6.45) is 1.69. The fourth-order valence-corrected chi connectivity index (χ4v) is 1.37. The Kier molecular flexibility index (Phi) is 3.28. The molecule has 1 heterocycles. The van der Waals surface area contributed by atoms with Crippen LogP contribution in [0.5, 0.6) is 0 Å². The Morgan fingerprint density at radius 1 is 1.57 bits per heavy atom. The molecule has 0 amide bonds. The minimum absolute atomic E-state index is 0.339. The van der Waals surface area contributed by atoms with Crippen molar-refractivity contribution in [2.24, 2.45) is 5.92 Å². The van der Waals surface area contributed by atoms with Gasteiger partial charge in [-0.3, -0.25) is 5.10 Å². The topological polar surface area (TPSA) is 66.0 Å². The lowest BCUT2D eigenvalue weighted by Crippen LogP contribution is -2.03. The van der Waals surface area contributed by atoms with E-state index in [1.807, 2.05) is 0 Å². The minimum atomic E-state index is -0.894. The highest BCUT2D eigenvalue weighted by Gasteiger charge is 2.16. The number of carboxylic acids is 1. The third-order valence-electron chi connectivity index (χ3n) is 2.19. The van der Waals surface area contributed by atoms with Gasteiger partial charge in [0, 0.05) is 5.69 Å². The predicted molar refractivity (Wildman–Crippen MR) is 53.4 cm³/mol. The van der Waals surface area contributed by atoms with Crippen LogP contribution in [0.1, 0.15) is 42.0 Å². The number of hydrogen-bond acceptors (Lipinski definition) is 2. The molecule has 0 fully saturated rings. The standard InChI is InChI=1S/C10H16N2O2/c1-6(2)4-5-8-9(10(13)14)7(3)11-12-8/h6H,4-5H2,1-3H3,(H,11,12)(H,13,14). The van der Waals surface area contributed by atoms with Crippen LogP contribution in [-0.2, 0) is 6.42 Å². The first kappa shape index (κ1) is 10.8. The van der Waals surface area contributed by atoms with Gasteiger partial charge in [0.2, 0.25) is 0 Å². The van der Waals surface area contributed by atoms with E-state index in [2.05, 4.69) is 24.0 Å². The Bertz CT molecular complexity index is 329. The molecule has 14 heavy (non-hydrogen) atoms. The van der Waals surface area contributed by atoms with Crippen LogP contribution in [0.15, 0.2) is 0 Å². The van der Waals surface area contributed by atoms with Gasteiger partial charge in [-0.25, -0.2) is 4.79 Å². The molecule has 2 N–H and O–H groups in total. The Morgan fingerprint density at radius 2 is 2.21 bits per heavy atom. The first-order chi connectivity index (χ1) is 6.52. The molecule has 1 aromatic rings. The molecule has 4 nitrogen and oxygen atoms in total. The molecule has 0 unspecified atom stereocenters. The van der Waals surface area contributed by atoms with Gasteiger partial charge in [0.15, 0.2) is 0 Å². The normalized spacial score (nSPS) is 10.9. The van der Waals surface area contributed by atoms with E-state index in [4.69, 9.17) is 5.11 Å². The molecule has 0 aliphatic heterocycles. The predicted octanol–water partition coefficient (Wildman–Crippen LogP) is 2.00. The lowest BCUT2D eigenvalue weighted by atomic mass is 10.0. The number of carbonyl (C=O) groups is 1. The third-order valence-corrected chi connectivity index (χ3v) is 2.19. The van der Waals surface area contributed by atoms with Crippen molar-refractivity contribution in [1.82, 2.24) is 10.2 Å². The van der Waals surface area contributed by atoms with Gasteiger partial charge in [0.25, 0.3) is 0 Å². The number of aromatic nitrogens is 2. The van der Waals surface area contributed by atoms with E-state index in [9.17, 15) is 4.79 Å². The van der Waals surface area contributed by atoms with Crippen molar-refractivity contribution in [3.8, 4) is 0 Å². The van der Waals surface area contributed by atoms with E-state index in [-0.39, 0.29) is 0 Å². The van der Waals surface area contributed by atoms with Crippen LogP contribution < -0.4 is 0 Å². The van der Waals surface area contributed by atoms with Gasteiger partial charge in [-0.05, 0) is 25.7 Å². The second kappa shape index (κ2) is 4.26. The number of carboxylic acid groups (broad SMARTS) is 1. The number of nitrogens with one attached hydrogen (secondary N) is 1. The SMILES string of the molecule is Cc1[nH]nc(CCC(C)C)c1C(=O)O. The Morgan fingerprint density at radius 3 is 2.71 bits per heavy atom. The summed E-state index contributed by atoms with van der Waals surface area (Å²) < 4.78 is 0. The third kappa shape index (κ3) is 2.34. The van der Waals surface area contributed by atoms with Gasteiger partial charge in [-0.15, -0.1) is 0 Å². The van der Waals surface area contributed by atoms with Gasteiger partial charge < -0.3 is 5.11 Å². The highest BCUT2D eigenvalue weighted by atomic mass is 16.4. The summed E-state index contributed by atoms with van der Waals surface area (Å²) in [6, 6.07) is 0. The van der Waals surface area contributed by atoms with Gasteiger partial charge in [0.05, 0.1) is 5.69 Å². The zero-order chi connectivity index (χ0) is 10.7. The molecule has 1 aromatic heterocycles. The number of aromatic carboxylic acids is 1. The van der Waals surface area contributed by atoms with Crippen molar-refractivity contribution in [3.63, 3.8) is 0 Å². The van der Waals surface area contributed by atoms with Gasteiger partial charge in [0.1, 0.15) is 5.56 Å². The van der Waals surface area contributed by atoms with Crippen LogP contribution >= 0.6 is 0 Å². The average molecular weight is 196 g/mol. The summed E-state index contributed by atoms with van der Waals surface area (Å²) in [5, 5.41) is 15.7. The number of H-pyrrole nitrogens is 1. The number of rotatable bonds is 4. The van der Waals surface area contributed by atoms with Crippen LogP contribution in [0.3, 0.4) is 0 Å². The van der Waals surface area contributed by atoms with Crippen molar-refractivity contribution in [2.75, 3.05) is 0 Å². The molecule has 0 radical (unpaired) electrons. The van der Waals surface area contributed by atoms with Crippen molar-refractivity contribution in [2.45, 2.75) is 33.6 Å². The Labute approximate surface area is 83.3 Å². The molecule has 0 bridgehead atoms. The molecule has 4 heteroatoms. The second-order valence-corrected chi connectivity index (χ2v) is 3.91. The molecule has 0 atom stereocenters. The number of aryl methyl sites for hydroxylation is 2. The molecule has 0 aliphatic carbocycles. The van der Waals surface area contributed by atoms with E-state index >= 15 is 0 Å². The molecule has 0 saturated heterocycles. The maximum Gasteiger partial charge on any atom is 0.339 e. The summed E-state index contributed by atoms with van der Waals surface area (Å²) in [5.41, 5.74) is 1.64. The van der Waals surface area contributed by atoms with Crippen molar-refractivity contribution < 1.29 is 9.90 Å². The Hall–Kier alpha value is -1.32. The van der Waals surface area contributed by atoms with E-state index in [1.165, 1.54) is 0 Å². The minimum Gasteiger partial charge on any atom is -0.478 e. The number of hydrogen-bond donors (Lipinski definition) is 2. The summed E-state index contributed by atoms with van der Waals surface area (Å²) in [7, 11) is 0. The number of nitrogens with zero attached hydrogens (tertiary/aromatic N) is 1. The van der Waals surface area contributed by atoms with Crippen molar-refractivity contribution in [1.29, 1.82) is 0 Å². The van der Waals surface area contributed by atoms with E-state index in [0.717, 1.165) is 12.8 Å². The summed E-state index contributed by atoms with van der Waals surface area (Å²) >= 11 is 0. The van der Waals surface area contributed by atoms with Crippen LogP contribution in [0.25, 0.3) is 0 Å². The lowest BCUT2D eigenvalue weighted by Gasteiger charge is -2.02. The van der Waals surface area contributed by atoms with E-state index in [1.54, 1.807) is 6.92 Å².